The monoisotopic (exact) mass is 329 g/mol. The van der Waals surface area contributed by atoms with Crippen LogP contribution in [0.2, 0.25) is 0 Å². The molecular formula is C18H19NO3S. The second kappa shape index (κ2) is 6.54. The lowest BCUT2D eigenvalue weighted by Gasteiger charge is -2.31. The summed E-state index contributed by atoms with van der Waals surface area (Å²) < 4.78 is 5.39. The van der Waals surface area contributed by atoms with E-state index in [-0.39, 0.29) is 5.91 Å². The van der Waals surface area contributed by atoms with Crippen LogP contribution in [0.3, 0.4) is 0 Å². The van der Waals surface area contributed by atoms with Gasteiger partial charge in [-0.1, -0.05) is 18.2 Å². The second-order valence-corrected chi connectivity index (χ2v) is 6.62. The zero-order valence-corrected chi connectivity index (χ0v) is 14.1. The summed E-state index contributed by atoms with van der Waals surface area (Å²) in [5, 5.41) is 1.85. The summed E-state index contributed by atoms with van der Waals surface area (Å²) in [5.41, 5.74) is 2.97. The molecule has 0 fully saturated rings. The lowest BCUT2D eigenvalue weighted by Crippen LogP contribution is -2.42. The van der Waals surface area contributed by atoms with Gasteiger partial charge in [0.15, 0.2) is 6.10 Å². The van der Waals surface area contributed by atoms with E-state index in [0.717, 1.165) is 24.1 Å². The van der Waals surface area contributed by atoms with Crippen LogP contribution in [0, 0.1) is 6.92 Å². The number of hydrogen-bond donors (Lipinski definition) is 0. The van der Waals surface area contributed by atoms with Crippen molar-refractivity contribution < 1.29 is 14.3 Å². The SMILES string of the molecule is Cc1ccsc1C(=O)OC(C)C(=O)N1CCCc2ccccc21. The Hall–Kier alpha value is -2.14. The topological polar surface area (TPSA) is 46.6 Å². The van der Waals surface area contributed by atoms with Crippen molar-refractivity contribution in [2.24, 2.45) is 0 Å². The van der Waals surface area contributed by atoms with Crippen LogP contribution in [0.15, 0.2) is 35.7 Å². The third-order valence-electron chi connectivity index (χ3n) is 4.06. The molecule has 1 aliphatic heterocycles. The number of carbonyl (C=O) groups excluding carboxylic acids is 2. The van der Waals surface area contributed by atoms with Crippen molar-refractivity contribution in [3.8, 4) is 0 Å². The Bertz CT molecular complexity index is 737. The minimum absolute atomic E-state index is 0.167. The number of hydrogen-bond acceptors (Lipinski definition) is 4. The van der Waals surface area contributed by atoms with Gasteiger partial charge in [0, 0.05) is 12.2 Å². The van der Waals surface area contributed by atoms with Crippen molar-refractivity contribution in [3.63, 3.8) is 0 Å². The largest absolute Gasteiger partial charge is 0.448 e. The number of amides is 1. The molecular weight excluding hydrogens is 310 g/mol. The van der Waals surface area contributed by atoms with E-state index >= 15 is 0 Å². The van der Waals surface area contributed by atoms with Gasteiger partial charge in [-0.2, -0.15) is 0 Å². The van der Waals surface area contributed by atoms with Crippen LogP contribution in [0.1, 0.15) is 34.1 Å². The van der Waals surface area contributed by atoms with Gasteiger partial charge >= 0.3 is 5.97 Å². The maximum absolute atomic E-state index is 12.7. The van der Waals surface area contributed by atoms with Crippen LogP contribution in [0.4, 0.5) is 5.69 Å². The summed E-state index contributed by atoms with van der Waals surface area (Å²) in [7, 11) is 0. The van der Waals surface area contributed by atoms with Crippen molar-refractivity contribution in [1.82, 2.24) is 0 Å². The van der Waals surface area contributed by atoms with Crippen molar-refractivity contribution in [1.29, 1.82) is 0 Å². The Morgan fingerprint density at radius 2 is 2.04 bits per heavy atom. The molecule has 0 saturated carbocycles. The van der Waals surface area contributed by atoms with Crippen molar-refractivity contribution in [3.05, 3.63) is 51.7 Å². The highest BCUT2D eigenvalue weighted by Gasteiger charge is 2.29. The molecule has 1 aromatic heterocycles. The fourth-order valence-electron chi connectivity index (χ4n) is 2.83. The maximum atomic E-state index is 12.7. The molecule has 5 heteroatoms. The lowest BCUT2D eigenvalue weighted by atomic mass is 10.0. The highest BCUT2D eigenvalue weighted by molar-refractivity contribution is 7.12. The van der Waals surface area contributed by atoms with Gasteiger partial charge in [0.1, 0.15) is 4.88 Å². The number of nitrogens with zero attached hydrogens (tertiary/aromatic N) is 1. The second-order valence-electron chi connectivity index (χ2n) is 5.70. The van der Waals surface area contributed by atoms with Crippen LogP contribution in [-0.2, 0) is 16.0 Å². The van der Waals surface area contributed by atoms with E-state index in [1.807, 2.05) is 42.6 Å². The van der Waals surface area contributed by atoms with Crippen LogP contribution in [0.5, 0.6) is 0 Å². The fraction of sp³-hybridized carbons (Fsp3) is 0.333. The zero-order valence-electron chi connectivity index (χ0n) is 13.2. The minimum atomic E-state index is -0.796. The summed E-state index contributed by atoms with van der Waals surface area (Å²) in [6.07, 6.45) is 1.10. The molecule has 1 aliphatic rings. The quantitative estimate of drug-likeness (QED) is 0.809. The zero-order chi connectivity index (χ0) is 16.4. The van der Waals surface area contributed by atoms with Crippen molar-refractivity contribution in [2.45, 2.75) is 32.8 Å². The number of thiophene rings is 1. The summed E-state index contributed by atoms with van der Waals surface area (Å²) in [5.74, 6) is -0.594. The van der Waals surface area contributed by atoms with Crippen LogP contribution < -0.4 is 4.90 Å². The van der Waals surface area contributed by atoms with Crippen LogP contribution in [-0.4, -0.2) is 24.5 Å². The molecule has 0 bridgehead atoms. The van der Waals surface area contributed by atoms with E-state index in [1.54, 1.807) is 11.8 Å². The molecule has 1 aromatic carbocycles. The number of carbonyl (C=O) groups is 2. The van der Waals surface area contributed by atoms with E-state index < -0.39 is 12.1 Å². The molecule has 3 rings (SSSR count). The molecule has 0 aliphatic carbocycles. The maximum Gasteiger partial charge on any atom is 0.349 e. The number of ether oxygens (including phenoxy) is 1. The number of esters is 1. The first kappa shape index (κ1) is 15.7. The van der Waals surface area contributed by atoms with Crippen LogP contribution in [0.25, 0.3) is 0 Å². The molecule has 0 saturated heterocycles. The number of anilines is 1. The van der Waals surface area contributed by atoms with E-state index in [1.165, 1.54) is 16.9 Å². The van der Waals surface area contributed by atoms with Gasteiger partial charge in [-0.15, -0.1) is 11.3 Å². The standard InChI is InChI=1S/C18H19NO3S/c1-12-9-11-23-16(12)18(21)22-13(2)17(20)19-10-5-7-14-6-3-4-8-15(14)19/h3-4,6,8-9,11,13H,5,7,10H2,1-2H3. The van der Waals surface area contributed by atoms with Gasteiger partial charge in [0.05, 0.1) is 0 Å². The molecule has 120 valence electrons. The van der Waals surface area contributed by atoms with Crippen LogP contribution >= 0.6 is 11.3 Å². The van der Waals surface area contributed by atoms with Crippen molar-refractivity contribution >= 4 is 28.9 Å². The smallest absolute Gasteiger partial charge is 0.349 e. The highest BCUT2D eigenvalue weighted by atomic mass is 32.1. The van der Waals surface area contributed by atoms with Gasteiger partial charge in [-0.3, -0.25) is 4.79 Å². The number of para-hydroxylation sites is 1. The normalized spacial score (nSPS) is 15.0. The number of benzene rings is 1. The Labute approximate surface area is 139 Å². The molecule has 1 amide bonds. The van der Waals surface area contributed by atoms with Gasteiger partial charge in [0.25, 0.3) is 5.91 Å². The first-order chi connectivity index (χ1) is 11.1. The average Bonchev–Trinajstić information content (AvgIpc) is 2.99. The number of aryl methyl sites for hydroxylation is 2. The molecule has 2 heterocycles. The predicted molar refractivity (Wildman–Crippen MR) is 91.0 cm³/mol. The predicted octanol–water partition coefficient (Wildman–Crippen LogP) is 3.58. The third kappa shape index (κ3) is 3.15. The summed E-state index contributed by atoms with van der Waals surface area (Å²) in [6, 6.07) is 9.77. The van der Waals surface area contributed by atoms with E-state index in [9.17, 15) is 9.59 Å². The third-order valence-corrected chi connectivity index (χ3v) is 5.05. The first-order valence-corrected chi connectivity index (χ1v) is 8.60. The fourth-order valence-corrected chi connectivity index (χ4v) is 3.63. The summed E-state index contributed by atoms with van der Waals surface area (Å²) >= 11 is 1.34. The minimum Gasteiger partial charge on any atom is -0.448 e. The Kier molecular flexibility index (Phi) is 4.48. The summed E-state index contributed by atoms with van der Waals surface area (Å²) in [4.78, 5) is 27.2. The van der Waals surface area contributed by atoms with E-state index in [4.69, 9.17) is 4.74 Å². The first-order valence-electron chi connectivity index (χ1n) is 7.72. The molecule has 1 unspecified atom stereocenters. The molecule has 1 atom stereocenters. The van der Waals surface area contributed by atoms with Crippen molar-refractivity contribution in [2.75, 3.05) is 11.4 Å². The highest BCUT2D eigenvalue weighted by Crippen LogP contribution is 2.27. The molecule has 0 radical (unpaired) electrons. The Morgan fingerprint density at radius 3 is 2.78 bits per heavy atom. The molecule has 4 nitrogen and oxygen atoms in total. The summed E-state index contributed by atoms with van der Waals surface area (Å²) in [6.45, 7) is 4.16. The van der Waals surface area contributed by atoms with Gasteiger partial charge < -0.3 is 9.64 Å². The number of fused-ring (bicyclic) bond motifs is 1. The van der Waals surface area contributed by atoms with E-state index in [0.29, 0.717) is 11.4 Å². The number of rotatable bonds is 3. The van der Waals surface area contributed by atoms with Gasteiger partial charge in [-0.05, 0) is 55.3 Å². The Balaban J connectivity index is 1.74. The molecule has 0 N–H and O–H groups in total. The molecule has 2 aromatic rings. The lowest BCUT2D eigenvalue weighted by molar-refractivity contribution is -0.126. The molecule has 0 spiro atoms. The molecule has 23 heavy (non-hydrogen) atoms. The van der Waals surface area contributed by atoms with Gasteiger partial charge in [0.2, 0.25) is 0 Å². The average molecular weight is 329 g/mol. The Morgan fingerprint density at radius 1 is 1.26 bits per heavy atom. The van der Waals surface area contributed by atoms with E-state index in [2.05, 4.69) is 0 Å². The van der Waals surface area contributed by atoms with Gasteiger partial charge in [-0.25, -0.2) is 4.79 Å².